The zero-order chi connectivity index (χ0) is 34.8. The predicted octanol–water partition coefficient (Wildman–Crippen LogP) is 6.35. The summed E-state index contributed by atoms with van der Waals surface area (Å²) < 4.78 is 11.3. The van der Waals surface area contributed by atoms with E-state index in [2.05, 4.69) is 55.9 Å². The van der Waals surface area contributed by atoms with Gasteiger partial charge in [-0.15, -0.1) is 10.2 Å². The summed E-state index contributed by atoms with van der Waals surface area (Å²) in [7, 11) is 0. The number of para-hydroxylation sites is 2. The Morgan fingerprint density at radius 1 is 0.725 bits per heavy atom. The zero-order valence-electron chi connectivity index (χ0n) is 26.8. The van der Waals surface area contributed by atoms with Crippen molar-refractivity contribution in [2.75, 3.05) is 17.2 Å². The molecule has 260 valence electrons. The van der Waals surface area contributed by atoms with Crippen molar-refractivity contribution in [3.63, 3.8) is 0 Å². The maximum Gasteiger partial charge on any atom is 0.259 e. The standard InChI is InChI=1S/C19H14N6O2.C17H15N5O2.4H2/c26-18(23-19-22-17(24-25-19)15-8-4-5-11-20-15)13-9-10-16(21-12-13)27-14-6-2-1-3-7-14;23-16(12-9-11-5-1-2-7-14(11)24-10-12)20-17-19-15(21-22-17)13-6-3-4-8-18-13;;;;/h1-12H,(H2,22,23,24,25,26);1-8,12H,9-10H2,(H2,19,20,21,22,23);4*1H. The van der Waals surface area contributed by atoms with E-state index >= 15 is 0 Å². The van der Waals surface area contributed by atoms with Gasteiger partial charge in [-0.05, 0) is 60.5 Å². The molecule has 0 aliphatic carbocycles. The number of carbonyl (C=O) groups is 2. The second kappa shape index (κ2) is 15.3. The number of ether oxygens (including phenoxy) is 2. The molecule has 1 unspecified atom stereocenters. The minimum atomic E-state index is -0.375. The summed E-state index contributed by atoms with van der Waals surface area (Å²) in [4.78, 5) is 45.7. The van der Waals surface area contributed by atoms with Gasteiger partial charge in [-0.2, -0.15) is 9.97 Å². The van der Waals surface area contributed by atoms with Crippen molar-refractivity contribution in [1.82, 2.24) is 45.3 Å². The fraction of sp³-hybridized carbons (Fsp3) is 0.0833. The summed E-state index contributed by atoms with van der Waals surface area (Å²) in [6.07, 6.45) is 5.40. The van der Waals surface area contributed by atoms with Crippen molar-refractivity contribution in [3.8, 4) is 40.4 Å². The monoisotopic (exact) mass is 687 g/mol. The van der Waals surface area contributed by atoms with Gasteiger partial charge < -0.3 is 9.47 Å². The third kappa shape index (κ3) is 8.24. The van der Waals surface area contributed by atoms with Crippen molar-refractivity contribution in [2.24, 2.45) is 5.92 Å². The number of amides is 2. The maximum atomic E-state index is 12.4. The number of hydrogen-bond donors (Lipinski definition) is 4. The Balaban J connectivity index is 0.000000277. The number of nitrogens with one attached hydrogen (secondary N) is 4. The number of aromatic nitrogens is 9. The number of H-pyrrole nitrogens is 2. The van der Waals surface area contributed by atoms with Gasteiger partial charge in [0, 0.05) is 30.4 Å². The second-order valence-corrected chi connectivity index (χ2v) is 11.0. The lowest BCUT2D eigenvalue weighted by atomic mass is 9.96. The first-order valence-electron chi connectivity index (χ1n) is 15.8. The fourth-order valence-corrected chi connectivity index (χ4v) is 4.94. The first-order valence-corrected chi connectivity index (χ1v) is 15.8. The van der Waals surface area contributed by atoms with Crippen molar-refractivity contribution in [3.05, 3.63) is 133 Å². The SMILES string of the molecule is O=C(Nc1n[nH]c(-c2ccccn2)n1)C1COc2ccccc2C1.O=C(Nc1n[nH]c(-c2ccccn2)n1)c1ccc(Oc2ccccc2)nc1.[HH].[HH].[HH].[HH]. The quantitative estimate of drug-likeness (QED) is 0.139. The summed E-state index contributed by atoms with van der Waals surface area (Å²) in [5.74, 6) is 2.49. The van der Waals surface area contributed by atoms with E-state index in [1.165, 1.54) is 6.20 Å². The number of anilines is 2. The topological polar surface area (TPSA) is 198 Å². The smallest absolute Gasteiger partial charge is 0.259 e. The summed E-state index contributed by atoms with van der Waals surface area (Å²) in [6, 6.07) is 31.2. The first kappa shape index (κ1) is 32.3. The van der Waals surface area contributed by atoms with Gasteiger partial charge in [0.2, 0.25) is 23.7 Å². The number of nitrogens with zero attached hydrogens (tertiary/aromatic N) is 7. The number of pyridine rings is 3. The molecule has 0 bridgehead atoms. The van der Waals surface area contributed by atoms with Crippen molar-refractivity contribution in [2.45, 2.75) is 6.42 Å². The van der Waals surface area contributed by atoms with E-state index in [0.29, 0.717) is 53.3 Å². The Labute approximate surface area is 296 Å². The number of fused-ring (bicyclic) bond motifs is 1. The van der Waals surface area contributed by atoms with Gasteiger partial charge in [0.15, 0.2) is 11.6 Å². The van der Waals surface area contributed by atoms with Crippen molar-refractivity contribution < 1.29 is 24.8 Å². The van der Waals surface area contributed by atoms with Crippen molar-refractivity contribution in [1.29, 1.82) is 0 Å². The van der Waals surface area contributed by atoms with Crippen LogP contribution in [0.5, 0.6) is 17.4 Å². The van der Waals surface area contributed by atoms with Gasteiger partial charge in [0.25, 0.3) is 5.91 Å². The third-order valence-corrected chi connectivity index (χ3v) is 7.46. The molecule has 51 heavy (non-hydrogen) atoms. The van der Waals surface area contributed by atoms with Gasteiger partial charge in [-0.25, -0.2) is 4.98 Å². The molecule has 1 atom stereocenters. The lowest BCUT2D eigenvalue weighted by Crippen LogP contribution is -2.32. The molecular formula is C36H37N11O4. The highest BCUT2D eigenvalue weighted by molar-refractivity contribution is 6.03. The van der Waals surface area contributed by atoms with E-state index in [0.717, 1.165) is 11.3 Å². The summed E-state index contributed by atoms with van der Waals surface area (Å²) >= 11 is 0. The highest BCUT2D eigenvalue weighted by atomic mass is 16.5. The van der Waals surface area contributed by atoms with Crippen LogP contribution in [0.4, 0.5) is 11.9 Å². The molecule has 0 saturated carbocycles. The van der Waals surface area contributed by atoms with Crippen LogP contribution in [-0.4, -0.2) is 63.7 Å². The number of hydrogen-bond acceptors (Lipinski definition) is 11. The van der Waals surface area contributed by atoms with Crippen molar-refractivity contribution >= 4 is 23.7 Å². The normalized spacial score (nSPS) is 13.1. The molecule has 0 saturated heterocycles. The van der Waals surface area contributed by atoms with Crippen LogP contribution in [0.1, 0.15) is 21.6 Å². The minimum Gasteiger partial charge on any atom is -0.492 e. The van der Waals surface area contributed by atoms with Crippen LogP contribution < -0.4 is 20.1 Å². The van der Waals surface area contributed by atoms with E-state index in [4.69, 9.17) is 9.47 Å². The van der Waals surface area contributed by atoms with Crippen LogP contribution in [0, 0.1) is 5.92 Å². The van der Waals surface area contributed by atoms with Crippen LogP contribution in [0.15, 0.2) is 122 Å². The Morgan fingerprint density at radius 2 is 1.37 bits per heavy atom. The summed E-state index contributed by atoms with van der Waals surface area (Å²) in [5, 5.41) is 18.9. The van der Waals surface area contributed by atoms with Crippen LogP contribution in [0.2, 0.25) is 0 Å². The van der Waals surface area contributed by atoms with Crippen LogP contribution in [0.3, 0.4) is 0 Å². The van der Waals surface area contributed by atoms with Gasteiger partial charge in [-0.1, -0.05) is 48.5 Å². The Hall–Kier alpha value is -7.29. The molecule has 1 aliphatic heterocycles. The summed E-state index contributed by atoms with van der Waals surface area (Å²) in [6.45, 7) is 0.348. The van der Waals surface area contributed by atoms with Crippen LogP contribution in [0.25, 0.3) is 23.0 Å². The molecular weight excluding hydrogens is 650 g/mol. The van der Waals surface area contributed by atoms with Gasteiger partial charge >= 0.3 is 0 Å². The van der Waals surface area contributed by atoms with Gasteiger partial charge in [-0.3, -0.25) is 40.4 Å². The Kier molecular flexibility index (Phi) is 9.67. The highest BCUT2D eigenvalue weighted by Crippen LogP contribution is 2.27. The van der Waals surface area contributed by atoms with E-state index in [1.54, 1.807) is 36.7 Å². The molecule has 8 rings (SSSR count). The molecule has 7 aromatic rings. The molecule has 15 heteroatoms. The van der Waals surface area contributed by atoms with E-state index in [9.17, 15) is 9.59 Å². The molecule has 2 amide bonds. The average molecular weight is 688 g/mol. The Morgan fingerprint density at radius 3 is 2.02 bits per heavy atom. The third-order valence-electron chi connectivity index (χ3n) is 7.46. The number of aromatic amines is 2. The van der Waals surface area contributed by atoms with Gasteiger partial charge in [0.1, 0.15) is 29.5 Å². The molecule has 4 N–H and O–H groups in total. The summed E-state index contributed by atoms with van der Waals surface area (Å²) in [5.41, 5.74) is 2.70. The Bertz CT molecular complexity index is 2230. The van der Waals surface area contributed by atoms with E-state index < -0.39 is 0 Å². The fourth-order valence-electron chi connectivity index (χ4n) is 4.94. The average Bonchev–Trinajstić information content (AvgIpc) is 3.86. The van der Waals surface area contributed by atoms with Gasteiger partial charge in [0.05, 0.1) is 11.5 Å². The number of carbonyl (C=O) groups excluding carboxylic acids is 2. The molecule has 0 radical (unpaired) electrons. The van der Waals surface area contributed by atoms with E-state index in [1.807, 2.05) is 78.9 Å². The molecule has 0 spiro atoms. The predicted molar refractivity (Wildman–Crippen MR) is 194 cm³/mol. The number of benzene rings is 2. The largest absolute Gasteiger partial charge is 0.492 e. The molecule has 1 aliphatic rings. The lowest BCUT2D eigenvalue weighted by Gasteiger charge is -2.23. The lowest BCUT2D eigenvalue weighted by molar-refractivity contribution is -0.121. The molecule has 0 fully saturated rings. The highest BCUT2D eigenvalue weighted by Gasteiger charge is 2.26. The minimum absolute atomic E-state index is 0. The van der Waals surface area contributed by atoms with Crippen LogP contribution >= 0.6 is 0 Å². The molecule has 5 aromatic heterocycles. The zero-order valence-corrected chi connectivity index (χ0v) is 26.8. The number of rotatable bonds is 8. The van der Waals surface area contributed by atoms with Crippen LogP contribution in [-0.2, 0) is 11.2 Å². The molecule has 2 aromatic carbocycles. The molecule has 15 nitrogen and oxygen atoms in total. The first-order chi connectivity index (χ1) is 25.1. The molecule has 6 heterocycles. The van der Waals surface area contributed by atoms with E-state index in [-0.39, 0.29) is 35.3 Å². The second-order valence-electron chi connectivity index (χ2n) is 11.0. The maximum absolute atomic E-state index is 12.4.